The van der Waals surface area contributed by atoms with Crippen LogP contribution in [0.1, 0.15) is 19.3 Å². The Bertz CT molecular complexity index is 433. The summed E-state index contributed by atoms with van der Waals surface area (Å²) >= 11 is 0. The Morgan fingerprint density at radius 2 is 2.00 bits per heavy atom. The van der Waals surface area contributed by atoms with E-state index < -0.39 is 28.1 Å². The molecule has 1 amide bonds. The molecule has 1 rings (SSSR count). The number of esters is 1. The summed E-state index contributed by atoms with van der Waals surface area (Å²) < 4.78 is 10.0. The first kappa shape index (κ1) is 19.8. The van der Waals surface area contributed by atoms with E-state index in [0.717, 1.165) is 5.75 Å². The topological polar surface area (TPSA) is 84.9 Å². The van der Waals surface area contributed by atoms with E-state index in [9.17, 15) is 14.7 Å². The number of methoxy groups -OCH3 is 1. The molecule has 0 bridgehead atoms. The van der Waals surface area contributed by atoms with Gasteiger partial charge in [-0.2, -0.15) is 0 Å². The predicted molar refractivity (Wildman–Crippen MR) is 93.0 cm³/mol. The predicted octanol–water partition coefficient (Wildman–Crippen LogP) is 1.67. The van der Waals surface area contributed by atoms with Crippen LogP contribution >= 0.6 is 10.0 Å². The Morgan fingerprint density at radius 1 is 1.30 bits per heavy atom. The van der Waals surface area contributed by atoms with Gasteiger partial charge in [-0.15, -0.1) is 0 Å². The SMILES string of the molecule is COC(=O)[C@H]1CC[C@@H](O)/C=C/C[C@@H]1NC(=O)OCCS(C)(C)C. The van der Waals surface area contributed by atoms with Crippen molar-refractivity contribution in [2.24, 2.45) is 5.92 Å². The Balaban J connectivity index is 2.62. The summed E-state index contributed by atoms with van der Waals surface area (Å²) in [6.07, 6.45) is 10.2. The van der Waals surface area contributed by atoms with Crippen LogP contribution in [-0.4, -0.2) is 67.6 Å². The first-order chi connectivity index (χ1) is 10.7. The molecular weight excluding hydrogens is 318 g/mol. The Labute approximate surface area is 139 Å². The molecule has 0 aromatic heterocycles. The zero-order valence-electron chi connectivity index (χ0n) is 14.4. The Hall–Kier alpha value is -1.21. The number of rotatable bonds is 5. The maximum Gasteiger partial charge on any atom is 0.407 e. The first-order valence-electron chi connectivity index (χ1n) is 7.75. The molecule has 23 heavy (non-hydrogen) atoms. The molecule has 0 aromatic rings. The first-order valence-corrected chi connectivity index (χ1v) is 10.8. The van der Waals surface area contributed by atoms with Gasteiger partial charge in [-0.3, -0.25) is 4.79 Å². The lowest BCUT2D eigenvalue weighted by atomic mass is 9.88. The van der Waals surface area contributed by atoms with E-state index in [0.29, 0.717) is 25.9 Å². The minimum atomic E-state index is -0.716. The van der Waals surface area contributed by atoms with Crippen molar-refractivity contribution in [3.05, 3.63) is 12.2 Å². The lowest BCUT2D eigenvalue weighted by molar-refractivity contribution is -0.146. The standard InChI is InChI=1S/C16H29NO5S/c1-21-15(19)13-9-8-12(18)6-5-7-14(13)17-16(20)22-10-11-23(2,3)4/h5-6,12-14,18H,7-11H2,1-4H3,(H,17,20)/b6-5+/t12-,13-,14-/m0/s1. The highest BCUT2D eigenvalue weighted by Crippen LogP contribution is 2.33. The van der Waals surface area contributed by atoms with Gasteiger partial charge in [-0.05, 0) is 38.0 Å². The van der Waals surface area contributed by atoms with Crippen LogP contribution < -0.4 is 5.32 Å². The average Bonchev–Trinajstić information content (AvgIpc) is 2.43. The van der Waals surface area contributed by atoms with Crippen LogP contribution in [-0.2, 0) is 14.3 Å². The van der Waals surface area contributed by atoms with E-state index in [4.69, 9.17) is 9.47 Å². The van der Waals surface area contributed by atoms with Gasteiger partial charge >= 0.3 is 12.1 Å². The molecule has 0 fully saturated rings. The van der Waals surface area contributed by atoms with Gasteiger partial charge in [0.15, 0.2) is 0 Å². The fourth-order valence-electron chi connectivity index (χ4n) is 2.36. The zero-order chi connectivity index (χ0) is 17.5. The molecule has 7 heteroatoms. The Morgan fingerprint density at radius 3 is 2.61 bits per heavy atom. The molecule has 0 spiro atoms. The third-order valence-electron chi connectivity index (χ3n) is 3.74. The van der Waals surface area contributed by atoms with Crippen LogP contribution in [0.4, 0.5) is 4.79 Å². The zero-order valence-corrected chi connectivity index (χ0v) is 15.2. The number of hydrogen-bond donors (Lipinski definition) is 2. The number of carbonyl (C=O) groups excluding carboxylic acids is 2. The van der Waals surface area contributed by atoms with E-state index in [2.05, 4.69) is 24.1 Å². The molecule has 0 aliphatic heterocycles. The molecule has 0 aromatic carbocycles. The number of carbonyl (C=O) groups is 2. The summed E-state index contributed by atoms with van der Waals surface area (Å²) in [5, 5.41) is 12.5. The van der Waals surface area contributed by atoms with Crippen molar-refractivity contribution in [2.75, 3.05) is 38.2 Å². The fraction of sp³-hybridized carbons (Fsp3) is 0.750. The van der Waals surface area contributed by atoms with Gasteiger partial charge in [-0.1, -0.05) is 12.2 Å². The number of ether oxygens (including phenoxy) is 2. The monoisotopic (exact) mass is 347 g/mol. The smallest absolute Gasteiger partial charge is 0.407 e. The van der Waals surface area contributed by atoms with Crippen LogP contribution in [0.3, 0.4) is 0 Å². The summed E-state index contributed by atoms with van der Waals surface area (Å²) in [7, 11) is 0.612. The number of nitrogens with one attached hydrogen (secondary N) is 1. The second-order valence-electron chi connectivity index (χ2n) is 6.62. The van der Waals surface area contributed by atoms with Crippen molar-refractivity contribution in [3.8, 4) is 0 Å². The second-order valence-corrected chi connectivity index (χ2v) is 11.2. The summed E-state index contributed by atoms with van der Waals surface area (Å²) in [5.41, 5.74) is 0. The molecule has 0 unspecified atom stereocenters. The maximum atomic E-state index is 12.0. The third-order valence-corrected chi connectivity index (χ3v) is 5.13. The molecule has 3 atom stereocenters. The minimum Gasteiger partial charge on any atom is -0.469 e. The summed E-state index contributed by atoms with van der Waals surface area (Å²) in [6.45, 7) is 0.370. The quantitative estimate of drug-likeness (QED) is 0.584. The molecule has 0 saturated heterocycles. The van der Waals surface area contributed by atoms with E-state index in [-0.39, 0.29) is 12.0 Å². The van der Waals surface area contributed by atoms with Crippen molar-refractivity contribution in [1.29, 1.82) is 0 Å². The van der Waals surface area contributed by atoms with Gasteiger partial charge in [0, 0.05) is 11.8 Å². The Kier molecular flexibility index (Phi) is 7.91. The van der Waals surface area contributed by atoms with E-state index >= 15 is 0 Å². The highest BCUT2D eigenvalue weighted by Gasteiger charge is 2.31. The maximum absolute atomic E-state index is 12.0. The largest absolute Gasteiger partial charge is 0.469 e. The number of amides is 1. The van der Waals surface area contributed by atoms with E-state index in [1.54, 1.807) is 12.2 Å². The molecule has 0 radical (unpaired) electrons. The second kappa shape index (κ2) is 9.17. The van der Waals surface area contributed by atoms with Gasteiger partial charge in [-0.25, -0.2) is 14.8 Å². The van der Waals surface area contributed by atoms with E-state index in [1.165, 1.54) is 7.11 Å². The van der Waals surface area contributed by atoms with Crippen molar-refractivity contribution in [2.45, 2.75) is 31.4 Å². The van der Waals surface area contributed by atoms with Crippen LogP contribution in [0.25, 0.3) is 0 Å². The number of hydrogen-bond acceptors (Lipinski definition) is 5. The van der Waals surface area contributed by atoms with Gasteiger partial charge < -0.3 is 19.9 Å². The molecule has 1 aliphatic carbocycles. The minimum absolute atomic E-state index is 0.370. The van der Waals surface area contributed by atoms with Gasteiger partial charge in [0.25, 0.3) is 0 Å². The molecule has 1 aliphatic rings. The lowest BCUT2D eigenvalue weighted by Crippen LogP contribution is -2.44. The van der Waals surface area contributed by atoms with Crippen molar-refractivity contribution >= 4 is 22.1 Å². The van der Waals surface area contributed by atoms with Crippen LogP contribution in [0.5, 0.6) is 0 Å². The summed E-state index contributed by atoms with van der Waals surface area (Å²) in [4.78, 5) is 23.9. The molecular formula is C16H29NO5S. The highest BCUT2D eigenvalue weighted by molar-refractivity contribution is 8.32. The van der Waals surface area contributed by atoms with Gasteiger partial charge in [0.05, 0.1) is 19.1 Å². The van der Waals surface area contributed by atoms with E-state index in [1.807, 2.05) is 0 Å². The highest BCUT2D eigenvalue weighted by atomic mass is 32.3. The normalized spacial score (nSPS) is 27.3. The molecule has 0 saturated carbocycles. The molecule has 2 N–H and O–H groups in total. The van der Waals surface area contributed by atoms with Crippen molar-refractivity contribution in [1.82, 2.24) is 5.32 Å². The molecule has 134 valence electrons. The average molecular weight is 347 g/mol. The number of alkyl carbamates (subject to hydrolysis) is 1. The fourth-order valence-corrected chi connectivity index (χ4v) is 2.95. The third kappa shape index (κ3) is 7.74. The molecule has 6 nitrogen and oxygen atoms in total. The van der Waals surface area contributed by atoms with Crippen LogP contribution in [0.15, 0.2) is 12.2 Å². The lowest BCUT2D eigenvalue weighted by Gasteiger charge is -2.28. The molecule has 0 heterocycles. The summed E-state index contributed by atoms with van der Waals surface area (Å²) in [5.74, 6) is -0.0187. The number of aliphatic hydroxyl groups excluding tert-OH is 1. The number of aliphatic hydroxyl groups is 1. The van der Waals surface area contributed by atoms with Gasteiger partial charge in [0.2, 0.25) is 0 Å². The van der Waals surface area contributed by atoms with Gasteiger partial charge in [0.1, 0.15) is 6.61 Å². The summed E-state index contributed by atoms with van der Waals surface area (Å²) in [6, 6.07) is -0.388. The van der Waals surface area contributed by atoms with Crippen LogP contribution in [0.2, 0.25) is 0 Å². The van der Waals surface area contributed by atoms with Crippen molar-refractivity contribution in [3.63, 3.8) is 0 Å². The van der Waals surface area contributed by atoms with Crippen LogP contribution in [0, 0.1) is 5.92 Å². The van der Waals surface area contributed by atoms with Crippen molar-refractivity contribution < 1.29 is 24.2 Å².